The fraction of sp³-hybridized carbons (Fsp3) is 0.267. The van der Waals surface area contributed by atoms with Gasteiger partial charge in [0, 0.05) is 12.6 Å². The van der Waals surface area contributed by atoms with Crippen molar-refractivity contribution >= 4 is 11.6 Å². The molecule has 5 heteroatoms. The van der Waals surface area contributed by atoms with Crippen molar-refractivity contribution in [3.05, 3.63) is 47.2 Å². The molecule has 0 radical (unpaired) electrons. The average molecular weight is 269 g/mol. The van der Waals surface area contributed by atoms with Crippen molar-refractivity contribution in [1.82, 2.24) is 4.98 Å². The first kappa shape index (κ1) is 13.8. The number of carbonyl (C=O) groups is 1. The van der Waals surface area contributed by atoms with Crippen molar-refractivity contribution < 1.29 is 9.21 Å². The maximum absolute atomic E-state index is 12.2. The van der Waals surface area contributed by atoms with Crippen LogP contribution < -0.4 is 5.32 Å². The number of aromatic nitrogens is 1. The number of aryl methyl sites for hydroxylation is 1. The second kappa shape index (κ2) is 5.57. The van der Waals surface area contributed by atoms with Gasteiger partial charge >= 0.3 is 0 Å². The summed E-state index contributed by atoms with van der Waals surface area (Å²) in [7, 11) is 0. The molecule has 0 aliphatic heterocycles. The summed E-state index contributed by atoms with van der Waals surface area (Å²) in [5, 5.41) is 11.6. The number of nitriles is 1. The number of nitrogens with zero attached hydrogens (tertiary/aromatic N) is 2. The Hall–Kier alpha value is -2.61. The van der Waals surface area contributed by atoms with Gasteiger partial charge < -0.3 is 9.73 Å². The third kappa shape index (κ3) is 2.86. The molecule has 1 aromatic carbocycles. The minimum atomic E-state index is -0.357. The molecule has 0 saturated carbocycles. The standard InChI is InChI=1S/C15H15N3O2/c1-9(2)13-14(20-10(3)17-13)15(19)18-12-6-4-5-11(7-12)8-16/h4-7,9H,1-3H3,(H,18,19). The van der Waals surface area contributed by atoms with E-state index in [1.165, 1.54) is 0 Å². The summed E-state index contributed by atoms with van der Waals surface area (Å²) in [5.41, 5.74) is 1.68. The van der Waals surface area contributed by atoms with Crippen LogP contribution in [0, 0.1) is 18.3 Å². The SMILES string of the molecule is Cc1nc(C(C)C)c(C(=O)Nc2cccc(C#N)c2)o1. The van der Waals surface area contributed by atoms with Gasteiger partial charge in [0.2, 0.25) is 5.76 Å². The lowest BCUT2D eigenvalue weighted by atomic mass is 10.1. The molecule has 0 spiro atoms. The van der Waals surface area contributed by atoms with Crippen LogP contribution in [-0.4, -0.2) is 10.9 Å². The third-order valence-electron chi connectivity index (χ3n) is 2.76. The Morgan fingerprint density at radius 1 is 1.45 bits per heavy atom. The summed E-state index contributed by atoms with van der Waals surface area (Å²) in [6.07, 6.45) is 0. The first-order chi connectivity index (χ1) is 9.51. The van der Waals surface area contributed by atoms with Gasteiger partial charge in [-0.25, -0.2) is 4.98 Å². The van der Waals surface area contributed by atoms with E-state index in [4.69, 9.17) is 9.68 Å². The summed E-state index contributed by atoms with van der Waals surface area (Å²) in [6.45, 7) is 5.60. The van der Waals surface area contributed by atoms with Gasteiger partial charge in [-0.2, -0.15) is 5.26 Å². The van der Waals surface area contributed by atoms with E-state index < -0.39 is 0 Å². The number of amides is 1. The lowest BCUT2D eigenvalue weighted by Crippen LogP contribution is -2.13. The fourth-order valence-corrected chi connectivity index (χ4v) is 1.85. The molecule has 2 aromatic rings. The molecule has 0 fully saturated rings. The number of hydrogen-bond acceptors (Lipinski definition) is 4. The Morgan fingerprint density at radius 3 is 2.85 bits per heavy atom. The number of oxazole rings is 1. The smallest absolute Gasteiger partial charge is 0.293 e. The Balaban J connectivity index is 2.26. The van der Waals surface area contributed by atoms with Gasteiger partial charge in [0.25, 0.3) is 5.91 Å². The number of nitrogens with one attached hydrogen (secondary N) is 1. The van der Waals surface area contributed by atoms with Crippen LogP contribution in [0.15, 0.2) is 28.7 Å². The van der Waals surface area contributed by atoms with Gasteiger partial charge in [-0.15, -0.1) is 0 Å². The zero-order valence-corrected chi connectivity index (χ0v) is 11.6. The largest absolute Gasteiger partial charge is 0.436 e. The van der Waals surface area contributed by atoms with Gasteiger partial charge in [-0.05, 0) is 24.1 Å². The maximum Gasteiger partial charge on any atom is 0.293 e. The van der Waals surface area contributed by atoms with Crippen LogP contribution in [-0.2, 0) is 0 Å². The molecule has 5 nitrogen and oxygen atoms in total. The minimum Gasteiger partial charge on any atom is -0.436 e. The van der Waals surface area contributed by atoms with Crippen LogP contribution in [0.1, 0.15) is 47.5 Å². The van der Waals surface area contributed by atoms with Crippen LogP contribution in [0.5, 0.6) is 0 Å². The summed E-state index contributed by atoms with van der Waals surface area (Å²) in [4.78, 5) is 16.5. The van der Waals surface area contributed by atoms with E-state index in [9.17, 15) is 4.79 Å². The van der Waals surface area contributed by atoms with Gasteiger partial charge in [-0.1, -0.05) is 19.9 Å². The average Bonchev–Trinajstić information content (AvgIpc) is 2.81. The van der Waals surface area contributed by atoms with Gasteiger partial charge in [0.15, 0.2) is 5.89 Å². The second-order valence-corrected chi connectivity index (χ2v) is 4.75. The Kier molecular flexibility index (Phi) is 3.85. The summed E-state index contributed by atoms with van der Waals surface area (Å²) in [5.74, 6) is 0.424. The number of rotatable bonds is 3. The maximum atomic E-state index is 12.2. The molecule has 0 aliphatic rings. The zero-order chi connectivity index (χ0) is 14.7. The summed E-state index contributed by atoms with van der Waals surface area (Å²) in [6, 6.07) is 8.74. The Labute approximate surface area is 117 Å². The van der Waals surface area contributed by atoms with Gasteiger partial charge in [0.1, 0.15) is 0 Å². The molecule has 0 bridgehead atoms. The fourth-order valence-electron chi connectivity index (χ4n) is 1.85. The molecule has 1 aromatic heterocycles. The van der Waals surface area contributed by atoms with Crippen LogP contribution in [0.2, 0.25) is 0 Å². The Bertz CT molecular complexity index is 681. The van der Waals surface area contributed by atoms with E-state index in [2.05, 4.69) is 10.3 Å². The lowest BCUT2D eigenvalue weighted by molar-refractivity contribution is 0.0993. The molecular weight excluding hydrogens is 254 g/mol. The van der Waals surface area contributed by atoms with Crippen LogP contribution in [0.3, 0.4) is 0 Å². The van der Waals surface area contributed by atoms with Crippen LogP contribution >= 0.6 is 0 Å². The van der Waals surface area contributed by atoms with Crippen molar-refractivity contribution in [2.75, 3.05) is 5.32 Å². The van der Waals surface area contributed by atoms with E-state index in [0.717, 1.165) is 0 Å². The lowest BCUT2D eigenvalue weighted by Gasteiger charge is -2.06. The molecule has 1 amide bonds. The molecule has 1 N–H and O–H groups in total. The highest BCUT2D eigenvalue weighted by Gasteiger charge is 2.21. The predicted octanol–water partition coefficient (Wildman–Crippen LogP) is 3.23. The van der Waals surface area contributed by atoms with Crippen molar-refractivity contribution in [3.63, 3.8) is 0 Å². The quantitative estimate of drug-likeness (QED) is 0.927. The molecule has 102 valence electrons. The molecule has 1 heterocycles. The van der Waals surface area contributed by atoms with Crippen molar-refractivity contribution in [2.24, 2.45) is 0 Å². The monoisotopic (exact) mass is 269 g/mol. The number of hydrogen-bond donors (Lipinski definition) is 1. The van der Waals surface area contributed by atoms with Gasteiger partial charge in [-0.3, -0.25) is 4.79 Å². The molecule has 0 saturated heterocycles. The number of benzene rings is 1. The topological polar surface area (TPSA) is 78.9 Å². The first-order valence-corrected chi connectivity index (χ1v) is 6.30. The van der Waals surface area contributed by atoms with Crippen LogP contribution in [0.25, 0.3) is 0 Å². The molecule has 20 heavy (non-hydrogen) atoms. The van der Waals surface area contributed by atoms with E-state index in [-0.39, 0.29) is 17.6 Å². The normalized spacial score (nSPS) is 10.3. The molecule has 2 rings (SSSR count). The molecular formula is C15H15N3O2. The molecule has 0 unspecified atom stereocenters. The van der Waals surface area contributed by atoms with E-state index >= 15 is 0 Å². The van der Waals surface area contributed by atoms with E-state index in [0.29, 0.717) is 22.8 Å². The predicted molar refractivity (Wildman–Crippen MR) is 74.4 cm³/mol. The zero-order valence-electron chi connectivity index (χ0n) is 11.6. The second-order valence-electron chi connectivity index (χ2n) is 4.75. The first-order valence-electron chi connectivity index (χ1n) is 6.30. The highest BCUT2D eigenvalue weighted by molar-refractivity contribution is 6.03. The van der Waals surface area contributed by atoms with Gasteiger partial charge in [0.05, 0.1) is 17.3 Å². The Morgan fingerprint density at radius 2 is 2.20 bits per heavy atom. The van der Waals surface area contributed by atoms with Crippen molar-refractivity contribution in [1.29, 1.82) is 5.26 Å². The van der Waals surface area contributed by atoms with Crippen LogP contribution in [0.4, 0.5) is 5.69 Å². The van der Waals surface area contributed by atoms with Crippen molar-refractivity contribution in [3.8, 4) is 6.07 Å². The van der Waals surface area contributed by atoms with Crippen molar-refractivity contribution in [2.45, 2.75) is 26.7 Å². The highest BCUT2D eigenvalue weighted by Crippen LogP contribution is 2.21. The summed E-state index contributed by atoms with van der Waals surface area (Å²) < 4.78 is 5.38. The third-order valence-corrected chi connectivity index (χ3v) is 2.76. The summed E-state index contributed by atoms with van der Waals surface area (Å²) >= 11 is 0. The van der Waals surface area contributed by atoms with E-state index in [1.807, 2.05) is 19.9 Å². The number of anilines is 1. The molecule has 0 atom stereocenters. The minimum absolute atomic E-state index is 0.0960. The van der Waals surface area contributed by atoms with E-state index in [1.54, 1.807) is 31.2 Å². The number of carbonyl (C=O) groups excluding carboxylic acids is 1. The highest BCUT2D eigenvalue weighted by atomic mass is 16.4. The molecule has 0 aliphatic carbocycles.